The Bertz CT molecular complexity index is 812. The Morgan fingerprint density at radius 1 is 1.09 bits per heavy atom. The fourth-order valence-electron chi connectivity index (χ4n) is 1.81. The van der Waals surface area contributed by atoms with Crippen LogP contribution in [0.3, 0.4) is 0 Å². The van der Waals surface area contributed by atoms with E-state index < -0.39 is 0 Å². The van der Waals surface area contributed by atoms with Crippen LogP contribution in [0.25, 0.3) is 6.08 Å². The van der Waals surface area contributed by atoms with E-state index in [9.17, 15) is 4.79 Å². The van der Waals surface area contributed by atoms with Crippen LogP contribution in [0.2, 0.25) is 5.02 Å². The third-order valence-electron chi connectivity index (χ3n) is 2.81. The number of hydrogen-bond donors (Lipinski definition) is 1. The minimum absolute atomic E-state index is 0.00502. The molecule has 0 aliphatic carbocycles. The van der Waals surface area contributed by atoms with Crippen molar-refractivity contribution < 1.29 is 4.79 Å². The van der Waals surface area contributed by atoms with Gasteiger partial charge in [-0.2, -0.15) is 10.5 Å². The van der Waals surface area contributed by atoms with Crippen molar-refractivity contribution in [2.75, 3.05) is 5.32 Å². The SMILES string of the molecule is N#CC(C#N)=Cc1cccc(NC(=O)c2ccccc2Cl)c1. The van der Waals surface area contributed by atoms with E-state index in [0.29, 0.717) is 21.8 Å². The van der Waals surface area contributed by atoms with Gasteiger partial charge in [0.25, 0.3) is 5.91 Å². The Hall–Kier alpha value is -3.08. The second-order valence-electron chi connectivity index (χ2n) is 4.34. The van der Waals surface area contributed by atoms with Crippen molar-refractivity contribution in [3.63, 3.8) is 0 Å². The topological polar surface area (TPSA) is 76.7 Å². The molecule has 0 fully saturated rings. The molecule has 0 spiro atoms. The van der Waals surface area contributed by atoms with Crippen LogP contribution in [0.4, 0.5) is 5.69 Å². The number of carbonyl (C=O) groups excluding carboxylic acids is 1. The summed E-state index contributed by atoms with van der Waals surface area (Å²) in [5.74, 6) is -0.326. The molecule has 0 atom stereocenters. The molecule has 0 aliphatic rings. The first kappa shape index (κ1) is 15.3. The zero-order valence-corrected chi connectivity index (χ0v) is 12.1. The molecule has 0 heterocycles. The predicted octanol–water partition coefficient (Wildman–Crippen LogP) is 4.02. The Balaban J connectivity index is 2.23. The summed E-state index contributed by atoms with van der Waals surface area (Å²) in [7, 11) is 0. The summed E-state index contributed by atoms with van der Waals surface area (Å²) in [5, 5.41) is 20.6. The Morgan fingerprint density at radius 3 is 2.50 bits per heavy atom. The van der Waals surface area contributed by atoms with Crippen LogP contribution in [0.1, 0.15) is 15.9 Å². The first-order valence-corrected chi connectivity index (χ1v) is 6.69. The average Bonchev–Trinajstić information content (AvgIpc) is 2.53. The van der Waals surface area contributed by atoms with Gasteiger partial charge in [-0.1, -0.05) is 35.9 Å². The van der Waals surface area contributed by atoms with E-state index in [1.807, 2.05) is 0 Å². The van der Waals surface area contributed by atoms with Crippen molar-refractivity contribution in [3.05, 3.63) is 70.3 Å². The minimum atomic E-state index is -0.326. The number of carbonyl (C=O) groups is 1. The quantitative estimate of drug-likeness (QED) is 0.870. The van der Waals surface area contributed by atoms with Crippen molar-refractivity contribution >= 4 is 29.3 Å². The van der Waals surface area contributed by atoms with Crippen LogP contribution in [0.15, 0.2) is 54.1 Å². The van der Waals surface area contributed by atoms with Crippen LogP contribution in [0, 0.1) is 22.7 Å². The van der Waals surface area contributed by atoms with Crippen LogP contribution in [-0.4, -0.2) is 5.91 Å². The monoisotopic (exact) mass is 307 g/mol. The van der Waals surface area contributed by atoms with E-state index >= 15 is 0 Å². The molecule has 5 heteroatoms. The Kier molecular flexibility index (Phi) is 4.93. The van der Waals surface area contributed by atoms with Crippen molar-refractivity contribution in [2.24, 2.45) is 0 Å². The maximum absolute atomic E-state index is 12.2. The van der Waals surface area contributed by atoms with Gasteiger partial charge >= 0.3 is 0 Å². The maximum Gasteiger partial charge on any atom is 0.257 e. The average molecular weight is 308 g/mol. The van der Waals surface area contributed by atoms with E-state index in [4.69, 9.17) is 22.1 Å². The molecule has 0 saturated carbocycles. The highest BCUT2D eigenvalue weighted by molar-refractivity contribution is 6.34. The van der Waals surface area contributed by atoms with Crippen molar-refractivity contribution in [3.8, 4) is 12.1 Å². The van der Waals surface area contributed by atoms with Gasteiger partial charge in [0, 0.05) is 5.69 Å². The summed E-state index contributed by atoms with van der Waals surface area (Å²) in [5.41, 5.74) is 1.57. The molecule has 0 radical (unpaired) electrons. The van der Waals surface area contributed by atoms with Gasteiger partial charge in [0.2, 0.25) is 0 Å². The number of anilines is 1. The summed E-state index contributed by atoms with van der Waals surface area (Å²) in [6, 6.07) is 17.2. The standard InChI is InChI=1S/C17H10ClN3O/c18-16-7-2-1-6-15(16)17(22)21-14-5-3-4-12(9-14)8-13(10-19)11-20/h1-9H,(H,21,22). The molecule has 2 aromatic rings. The maximum atomic E-state index is 12.2. The number of nitrogens with zero attached hydrogens (tertiary/aromatic N) is 2. The molecule has 106 valence electrons. The summed E-state index contributed by atoms with van der Waals surface area (Å²) in [6.07, 6.45) is 1.45. The lowest BCUT2D eigenvalue weighted by molar-refractivity contribution is 0.102. The molecule has 22 heavy (non-hydrogen) atoms. The molecule has 1 N–H and O–H groups in total. The number of benzene rings is 2. The van der Waals surface area contributed by atoms with E-state index in [1.165, 1.54) is 6.08 Å². The molecule has 2 aromatic carbocycles. The van der Waals surface area contributed by atoms with Gasteiger partial charge in [0.05, 0.1) is 10.6 Å². The second kappa shape index (κ2) is 7.08. The van der Waals surface area contributed by atoms with Gasteiger partial charge in [-0.15, -0.1) is 0 Å². The van der Waals surface area contributed by atoms with Crippen molar-refractivity contribution in [1.29, 1.82) is 10.5 Å². The lowest BCUT2D eigenvalue weighted by atomic mass is 10.1. The number of halogens is 1. The van der Waals surface area contributed by atoms with Crippen LogP contribution < -0.4 is 5.32 Å². The zero-order chi connectivity index (χ0) is 15.9. The summed E-state index contributed by atoms with van der Waals surface area (Å²) in [4.78, 5) is 12.2. The van der Waals surface area contributed by atoms with E-state index in [2.05, 4.69) is 5.32 Å². The zero-order valence-electron chi connectivity index (χ0n) is 11.4. The van der Waals surface area contributed by atoms with Crippen molar-refractivity contribution in [1.82, 2.24) is 0 Å². The van der Waals surface area contributed by atoms with E-state index in [1.54, 1.807) is 60.7 Å². The van der Waals surface area contributed by atoms with Crippen LogP contribution >= 0.6 is 11.6 Å². The fraction of sp³-hybridized carbons (Fsp3) is 0. The molecule has 0 unspecified atom stereocenters. The van der Waals surface area contributed by atoms with Gasteiger partial charge in [0.15, 0.2) is 0 Å². The molecule has 0 saturated heterocycles. The highest BCUT2D eigenvalue weighted by Crippen LogP contribution is 2.18. The number of hydrogen-bond acceptors (Lipinski definition) is 3. The molecule has 4 nitrogen and oxygen atoms in total. The summed E-state index contributed by atoms with van der Waals surface area (Å²) < 4.78 is 0. The van der Waals surface area contributed by atoms with E-state index in [-0.39, 0.29) is 11.5 Å². The molecule has 2 rings (SSSR count). The third kappa shape index (κ3) is 3.73. The molecule has 0 aromatic heterocycles. The van der Waals surface area contributed by atoms with E-state index in [0.717, 1.165) is 0 Å². The third-order valence-corrected chi connectivity index (χ3v) is 3.14. The minimum Gasteiger partial charge on any atom is -0.322 e. The second-order valence-corrected chi connectivity index (χ2v) is 4.75. The van der Waals surface area contributed by atoms with Gasteiger partial charge < -0.3 is 5.32 Å². The van der Waals surface area contributed by atoms with Crippen LogP contribution in [0.5, 0.6) is 0 Å². The van der Waals surface area contributed by atoms with Crippen LogP contribution in [-0.2, 0) is 0 Å². The Morgan fingerprint density at radius 2 is 1.82 bits per heavy atom. The Labute approximate surface area is 132 Å². The summed E-state index contributed by atoms with van der Waals surface area (Å²) >= 11 is 5.98. The number of amides is 1. The lowest BCUT2D eigenvalue weighted by Gasteiger charge is -2.07. The number of nitriles is 2. The highest BCUT2D eigenvalue weighted by Gasteiger charge is 2.09. The fourth-order valence-corrected chi connectivity index (χ4v) is 2.03. The normalized spacial score (nSPS) is 9.23. The molecular formula is C17H10ClN3O. The summed E-state index contributed by atoms with van der Waals surface area (Å²) in [6.45, 7) is 0. The number of rotatable bonds is 3. The number of allylic oxidation sites excluding steroid dienone is 1. The predicted molar refractivity (Wildman–Crippen MR) is 85.1 cm³/mol. The molecule has 1 amide bonds. The first-order valence-electron chi connectivity index (χ1n) is 6.32. The molecule has 0 aliphatic heterocycles. The smallest absolute Gasteiger partial charge is 0.257 e. The lowest BCUT2D eigenvalue weighted by Crippen LogP contribution is -2.12. The first-order chi connectivity index (χ1) is 10.6. The van der Waals surface area contributed by atoms with Gasteiger partial charge in [-0.25, -0.2) is 0 Å². The van der Waals surface area contributed by atoms with Gasteiger partial charge in [-0.05, 0) is 35.9 Å². The molecule has 0 bridgehead atoms. The van der Waals surface area contributed by atoms with Crippen molar-refractivity contribution in [2.45, 2.75) is 0 Å². The highest BCUT2D eigenvalue weighted by atomic mass is 35.5. The number of nitrogens with one attached hydrogen (secondary N) is 1. The van der Waals surface area contributed by atoms with Gasteiger partial charge in [0.1, 0.15) is 17.7 Å². The molecular weight excluding hydrogens is 298 g/mol. The van der Waals surface area contributed by atoms with Gasteiger partial charge in [-0.3, -0.25) is 4.79 Å². The largest absolute Gasteiger partial charge is 0.322 e.